The van der Waals surface area contributed by atoms with Gasteiger partial charge in [0.05, 0.1) is 11.3 Å². The van der Waals surface area contributed by atoms with Gasteiger partial charge in [-0.05, 0) is 49.6 Å². The van der Waals surface area contributed by atoms with Crippen LogP contribution >= 0.6 is 0 Å². The summed E-state index contributed by atoms with van der Waals surface area (Å²) in [5, 5.41) is 2.90. The topological polar surface area (TPSA) is 49.4 Å². The van der Waals surface area contributed by atoms with E-state index in [1.54, 1.807) is 17.0 Å². The van der Waals surface area contributed by atoms with Crippen molar-refractivity contribution in [3.63, 3.8) is 0 Å². The minimum absolute atomic E-state index is 0.0595. The predicted octanol–water partition coefficient (Wildman–Crippen LogP) is 3.23. The summed E-state index contributed by atoms with van der Waals surface area (Å²) in [6.07, 6.45) is 1.97. The quantitative estimate of drug-likeness (QED) is 0.908. The molecule has 0 bridgehead atoms. The van der Waals surface area contributed by atoms with Gasteiger partial charge in [-0.1, -0.05) is 23.8 Å². The average Bonchev–Trinajstić information content (AvgIpc) is 3.02. The lowest BCUT2D eigenvalue weighted by molar-refractivity contribution is -0.117. The van der Waals surface area contributed by atoms with Crippen LogP contribution in [0.3, 0.4) is 0 Å². The predicted molar refractivity (Wildman–Crippen MR) is 95.2 cm³/mol. The van der Waals surface area contributed by atoms with Crippen LogP contribution in [0.2, 0.25) is 0 Å². The molecule has 0 aliphatic carbocycles. The van der Waals surface area contributed by atoms with Gasteiger partial charge in [0.25, 0.3) is 5.91 Å². The Kier molecular flexibility index (Phi) is 5.12. The molecule has 3 rings (SSSR count). The van der Waals surface area contributed by atoms with Crippen molar-refractivity contribution in [2.75, 3.05) is 18.0 Å². The third-order valence-electron chi connectivity index (χ3n) is 4.37. The largest absolute Gasteiger partial charge is 0.352 e. The monoisotopic (exact) mass is 340 g/mol. The number of anilines is 1. The molecule has 1 aliphatic heterocycles. The molecule has 0 spiro atoms. The highest BCUT2D eigenvalue weighted by Gasteiger charge is 2.25. The van der Waals surface area contributed by atoms with Crippen LogP contribution in [0.4, 0.5) is 10.1 Å². The standard InChI is InChI=1S/C20H21FN2O2/c1-14-4-9-18(23-12-2-3-19(23)24)17(13-14)20(25)22-11-10-15-5-7-16(21)8-6-15/h4-9,13H,2-3,10-12H2,1H3,(H,22,25). The van der Waals surface area contributed by atoms with Gasteiger partial charge in [0.2, 0.25) is 5.91 Å². The third-order valence-corrected chi connectivity index (χ3v) is 4.37. The van der Waals surface area contributed by atoms with Gasteiger partial charge in [-0.25, -0.2) is 4.39 Å². The second-order valence-corrected chi connectivity index (χ2v) is 6.30. The lowest BCUT2D eigenvalue weighted by Crippen LogP contribution is -2.30. The summed E-state index contributed by atoms with van der Waals surface area (Å²) >= 11 is 0. The molecule has 130 valence electrons. The molecular formula is C20H21FN2O2. The van der Waals surface area contributed by atoms with Crippen LogP contribution in [0.15, 0.2) is 42.5 Å². The number of hydrogen-bond donors (Lipinski definition) is 1. The lowest BCUT2D eigenvalue weighted by Gasteiger charge is -2.20. The molecule has 0 aromatic heterocycles. The molecule has 1 N–H and O–H groups in total. The molecular weight excluding hydrogens is 319 g/mol. The smallest absolute Gasteiger partial charge is 0.253 e. The van der Waals surface area contributed by atoms with Crippen molar-refractivity contribution in [1.29, 1.82) is 0 Å². The van der Waals surface area contributed by atoms with E-state index in [9.17, 15) is 14.0 Å². The number of hydrogen-bond acceptors (Lipinski definition) is 2. The molecule has 0 atom stereocenters. The molecule has 25 heavy (non-hydrogen) atoms. The third kappa shape index (κ3) is 4.05. The summed E-state index contributed by atoms with van der Waals surface area (Å²) in [7, 11) is 0. The molecule has 1 fully saturated rings. The van der Waals surface area contributed by atoms with E-state index >= 15 is 0 Å². The summed E-state index contributed by atoms with van der Waals surface area (Å²) in [5.74, 6) is -0.405. The number of halogens is 1. The second-order valence-electron chi connectivity index (χ2n) is 6.30. The van der Waals surface area contributed by atoms with Crippen LogP contribution in [0.5, 0.6) is 0 Å². The van der Waals surface area contributed by atoms with Gasteiger partial charge < -0.3 is 10.2 Å². The van der Waals surface area contributed by atoms with Gasteiger partial charge in [-0.15, -0.1) is 0 Å². The van der Waals surface area contributed by atoms with E-state index < -0.39 is 0 Å². The Balaban J connectivity index is 1.69. The zero-order chi connectivity index (χ0) is 17.8. The van der Waals surface area contributed by atoms with E-state index in [1.807, 2.05) is 25.1 Å². The van der Waals surface area contributed by atoms with Crippen molar-refractivity contribution in [2.45, 2.75) is 26.2 Å². The molecule has 0 radical (unpaired) electrons. The van der Waals surface area contributed by atoms with Crippen molar-refractivity contribution >= 4 is 17.5 Å². The molecule has 1 aliphatic rings. The van der Waals surface area contributed by atoms with E-state index in [0.717, 1.165) is 17.5 Å². The van der Waals surface area contributed by atoms with Gasteiger partial charge in [0, 0.05) is 19.5 Å². The highest BCUT2D eigenvalue weighted by atomic mass is 19.1. The Morgan fingerprint density at radius 1 is 1.20 bits per heavy atom. The fraction of sp³-hybridized carbons (Fsp3) is 0.300. The van der Waals surface area contributed by atoms with Crippen molar-refractivity contribution in [1.82, 2.24) is 5.32 Å². The maximum absolute atomic E-state index is 12.9. The Morgan fingerprint density at radius 2 is 1.96 bits per heavy atom. The van der Waals surface area contributed by atoms with E-state index in [4.69, 9.17) is 0 Å². The molecule has 4 nitrogen and oxygen atoms in total. The number of aryl methyl sites for hydroxylation is 1. The first-order valence-corrected chi connectivity index (χ1v) is 8.48. The minimum atomic E-state index is -0.271. The number of nitrogens with zero attached hydrogens (tertiary/aromatic N) is 1. The van der Waals surface area contributed by atoms with Gasteiger partial charge in [0.1, 0.15) is 5.82 Å². The van der Waals surface area contributed by atoms with E-state index in [1.165, 1.54) is 12.1 Å². The highest BCUT2D eigenvalue weighted by molar-refractivity contribution is 6.05. The van der Waals surface area contributed by atoms with Gasteiger partial charge >= 0.3 is 0 Å². The summed E-state index contributed by atoms with van der Waals surface area (Å²) in [6, 6.07) is 11.8. The van der Waals surface area contributed by atoms with Gasteiger partial charge in [0.15, 0.2) is 0 Å². The average molecular weight is 340 g/mol. The van der Waals surface area contributed by atoms with Gasteiger partial charge in [-0.3, -0.25) is 9.59 Å². The van der Waals surface area contributed by atoms with E-state index in [-0.39, 0.29) is 17.6 Å². The number of carbonyl (C=O) groups excluding carboxylic acids is 2. The number of nitrogens with one attached hydrogen (secondary N) is 1. The Labute approximate surface area is 146 Å². The van der Waals surface area contributed by atoms with Crippen molar-refractivity contribution in [3.05, 3.63) is 65.0 Å². The van der Waals surface area contributed by atoms with E-state index in [0.29, 0.717) is 37.2 Å². The number of benzene rings is 2. The first kappa shape index (κ1) is 17.1. The minimum Gasteiger partial charge on any atom is -0.352 e. The number of carbonyl (C=O) groups is 2. The number of rotatable bonds is 5. The summed E-state index contributed by atoms with van der Waals surface area (Å²) in [6.45, 7) is 3.02. The Hall–Kier alpha value is -2.69. The van der Waals surface area contributed by atoms with Gasteiger partial charge in [-0.2, -0.15) is 0 Å². The highest BCUT2D eigenvalue weighted by Crippen LogP contribution is 2.26. The zero-order valence-corrected chi connectivity index (χ0v) is 14.2. The van der Waals surface area contributed by atoms with Crippen molar-refractivity contribution in [3.8, 4) is 0 Å². The Bertz CT molecular complexity index is 787. The lowest BCUT2D eigenvalue weighted by atomic mass is 10.1. The zero-order valence-electron chi connectivity index (χ0n) is 14.2. The molecule has 0 unspecified atom stereocenters. The molecule has 5 heteroatoms. The SMILES string of the molecule is Cc1ccc(N2CCCC2=O)c(C(=O)NCCc2ccc(F)cc2)c1. The van der Waals surface area contributed by atoms with Crippen LogP contribution < -0.4 is 10.2 Å². The summed E-state index contributed by atoms with van der Waals surface area (Å²) in [4.78, 5) is 26.3. The maximum atomic E-state index is 12.9. The maximum Gasteiger partial charge on any atom is 0.253 e. The Morgan fingerprint density at radius 3 is 2.64 bits per heavy atom. The molecule has 2 aromatic rings. The molecule has 1 saturated heterocycles. The number of amides is 2. The summed E-state index contributed by atoms with van der Waals surface area (Å²) in [5.41, 5.74) is 3.13. The fourth-order valence-corrected chi connectivity index (χ4v) is 3.04. The molecule has 1 heterocycles. The summed E-state index contributed by atoms with van der Waals surface area (Å²) < 4.78 is 12.9. The molecule has 0 saturated carbocycles. The van der Waals surface area contributed by atoms with Crippen LogP contribution in [0, 0.1) is 12.7 Å². The van der Waals surface area contributed by atoms with Crippen LogP contribution in [-0.2, 0) is 11.2 Å². The van der Waals surface area contributed by atoms with Crippen LogP contribution in [0.1, 0.15) is 34.3 Å². The molecule has 2 aromatic carbocycles. The van der Waals surface area contributed by atoms with Crippen LogP contribution in [0.25, 0.3) is 0 Å². The van der Waals surface area contributed by atoms with Crippen LogP contribution in [-0.4, -0.2) is 24.9 Å². The van der Waals surface area contributed by atoms with Crippen molar-refractivity contribution < 1.29 is 14.0 Å². The van der Waals surface area contributed by atoms with Crippen molar-refractivity contribution in [2.24, 2.45) is 0 Å². The first-order chi connectivity index (χ1) is 12.0. The normalized spacial score (nSPS) is 14.0. The van der Waals surface area contributed by atoms with E-state index in [2.05, 4.69) is 5.32 Å². The fourth-order valence-electron chi connectivity index (χ4n) is 3.04. The first-order valence-electron chi connectivity index (χ1n) is 8.48. The molecule has 2 amide bonds. The second kappa shape index (κ2) is 7.47.